The van der Waals surface area contributed by atoms with Crippen LogP contribution in [0.2, 0.25) is 0 Å². The van der Waals surface area contributed by atoms with E-state index < -0.39 is 0 Å². The zero-order chi connectivity index (χ0) is 6.85. The minimum Gasteiger partial charge on any atom is -0.272 e. The Kier molecular flexibility index (Phi) is 2.14. The second-order valence-corrected chi connectivity index (χ2v) is 2.96. The second kappa shape index (κ2) is 2.72. The summed E-state index contributed by atoms with van der Waals surface area (Å²) in [6.07, 6.45) is 3.63. The molecule has 0 aromatic heterocycles. The van der Waals surface area contributed by atoms with Gasteiger partial charge < -0.3 is 0 Å². The van der Waals surface area contributed by atoms with Crippen molar-refractivity contribution in [2.75, 3.05) is 0 Å². The minimum atomic E-state index is -0.282. The number of hydrogen-bond donors (Lipinski definition) is 0. The summed E-state index contributed by atoms with van der Waals surface area (Å²) in [5.41, 5.74) is 0.794. The van der Waals surface area contributed by atoms with E-state index >= 15 is 0 Å². The Labute approximate surface area is 64.4 Å². The third kappa shape index (κ3) is 1.70. The minimum absolute atomic E-state index is 0.142. The van der Waals surface area contributed by atoms with Crippen LogP contribution >= 0.6 is 23.2 Å². The normalized spacial score (nSPS) is 34.3. The molecular formula is C6H7Cl2N. The van der Waals surface area contributed by atoms with Crippen molar-refractivity contribution in [3.8, 4) is 0 Å². The maximum absolute atomic E-state index is 5.74. The zero-order valence-electron chi connectivity index (χ0n) is 5.01. The van der Waals surface area contributed by atoms with Gasteiger partial charge in [0.15, 0.2) is 0 Å². The van der Waals surface area contributed by atoms with E-state index in [0.29, 0.717) is 0 Å². The van der Waals surface area contributed by atoms with Gasteiger partial charge in [-0.2, -0.15) is 0 Å². The van der Waals surface area contributed by atoms with Gasteiger partial charge >= 0.3 is 0 Å². The highest BCUT2D eigenvalue weighted by Gasteiger charge is 2.14. The van der Waals surface area contributed by atoms with Crippen LogP contribution in [0.15, 0.2) is 16.6 Å². The fraction of sp³-hybridized carbons (Fsp3) is 0.500. The third-order valence-electron chi connectivity index (χ3n) is 1.11. The molecule has 50 valence electrons. The molecule has 0 aromatic rings. The van der Waals surface area contributed by atoms with Crippen LogP contribution in [0.4, 0.5) is 0 Å². The van der Waals surface area contributed by atoms with E-state index in [1.807, 2.05) is 13.0 Å². The van der Waals surface area contributed by atoms with Crippen LogP contribution in [0.3, 0.4) is 0 Å². The van der Waals surface area contributed by atoms with E-state index in [2.05, 4.69) is 4.99 Å². The Morgan fingerprint density at radius 3 is 2.67 bits per heavy atom. The summed E-state index contributed by atoms with van der Waals surface area (Å²) in [4.78, 5) is 3.93. The molecule has 0 amide bonds. The van der Waals surface area contributed by atoms with Crippen molar-refractivity contribution in [3.63, 3.8) is 0 Å². The lowest BCUT2D eigenvalue weighted by Crippen LogP contribution is -2.14. The molecule has 0 saturated carbocycles. The molecular weight excluding hydrogens is 157 g/mol. The van der Waals surface area contributed by atoms with Gasteiger partial charge in [0.05, 0.1) is 5.38 Å². The Morgan fingerprint density at radius 2 is 2.22 bits per heavy atom. The molecule has 0 aromatic carbocycles. The summed E-state index contributed by atoms with van der Waals surface area (Å²) in [5, 5.41) is -0.142. The van der Waals surface area contributed by atoms with E-state index in [-0.39, 0.29) is 10.9 Å². The molecule has 0 N–H and O–H groups in total. The highest BCUT2D eigenvalue weighted by Crippen LogP contribution is 2.17. The van der Waals surface area contributed by atoms with Gasteiger partial charge in [-0.15, -0.1) is 11.6 Å². The van der Waals surface area contributed by atoms with Crippen LogP contribution in [-0.2, 0) is 0 Å². The topological polar surface area (TPSA) is 12.4 Å². The molecule has 2 atom stereocenters. The number of allylic oxidation sites excluding steroid dienone is 1. The molecule has 1 nitrogen and oxygen atoms in total. The summed E-state index contributed by atoms with van der Waals surface area (Å²) >= 11 is 11.4. The van der Waals surface area contributed by atoms with Crippen LogP contribution in [-0.4, -0.2) is 17.1 Å². The number of aliphatic imine (C=N–C) groups is 1. The first-order chi connectivity index (χ1) is 4.20. The number of rotatable bonds is 0. The highest BCUT2D eigenvalue weighted by molar-refractivity contribution is 6.31. The molecule has 0 aliphatic carbocycles. The summed E-state index contributed by atoms with van der Waals surface area (Å²) < 4.78 is 0. The van der Waals surface area contributed by atoms with Gasteiger partial charge in [-0.3, -0.25) is 4.99 Å². The van der Waals surface area contributed by atoms with E-state index in [1.165, 1.54) is 0 Å². The number of halogens is 2. The van der Waals surface area contributed by atoms with Gasteiger partial charge in [-0.25, -0.2) is 0 Å². The van der Waals surface area contributed by atoms with E-state index in [4.69, 9.17) is 23.2 Å². The summed E-state index contributed by atoms with van der Waals surface area (Å²) in [5.74, 6) is 0. The molecule has 0 bridgehead atoms. The van der Waals surface area contributed by atoms with Crippen molar-refractivity contribution in [2.24, 2.45) is 4.99 Å². The van der Waals surface area contributed by atoms with Crippen LogP contribution in [0.5, 0.6) is 0 Å². The Hall–Kier alpha value is -0.0100. The standard InChI is InChI=1S/C6H7Cl2N/c1-4-2-5(7)6(8)9-3-4/h2-3,5-6H,1H3. The average Bonchev–Trinajstić information content (AvgIpc) is 1.80. The number of alkyl halides is 2. The molecule has 3 heteroatoms. The summed E-state index contributed by atoms with van der Waals surface area (Å²) in [6.45, 7) is 1.95. The molecule has 1 aliphatic heterocycles. The first kappa shape index (κ1) is 7.10. The van der Waals surface area contributed by atoms with Crippen molar-refractivity contribution in [1.82, 2.24) is 0 Å². The predicted octanol–water partition coefficient (Wildman–Crippen LogP) is 2.19. The molecule has 0 fully saturated rings. The fourth-order valence-corrected chi connectivity index (χ4v) is 1.04. The molecule has 0 spiro atoms. The lowest BCUT2D eigenvalue weighted by molar-refractivity contribution is 0.915. The second-order valence-electron chi connectivity index (χ2n) is 2.01. The average molecular weight is 164 g/mol. The number of hydrogen-bond acceptors (Lipinski definition) is 1. The third-order valence-corrected chi connectivity index (χ3v) is 1.98. The molecule has 0 saturated heterocycles. The number of dihydropyridines is 1. The monoisotopic (exact) mass is 163 g/mol. The van der Waals surface area contributed by atoms with Crippen LogP contribution in [0.1, 0.15) is 6.92 Å². The van der Waals surface area contributed by atoms with Crippen molar-refractivity contribution >= 4 is 29.4 Å². The molecule has 1 aliphatic rings. The quantitative estimate of drug-likeness (QED) is 0.384. The molecule has 0 radical (unpaired) electrons. The Balaban J connectivity index is 2.70. The van der Waals surface area contributed by atoms with Gasteiger partial charge in [-0.1, -0.05) is 17.7 Å². The smallest absolute Gasteiger partial charge is 0.143 e. The van der Waals surface area contributed by atoms with Gasteiger partial charge in [0.2, 0.25) is 0 Å². The first-order valence-electron chi connectivity index (χ1n) is 2.70. The van der Waals surface area contributed by atoms with Gasteiger partial charge in [0.1, 0.15) is 5.50 Å². The summed E-state index contributed by atoms with van der Waals surface area (Å²) in [7, 11) is 0. The van der Waals surface area contributed by atoms with Crippen molar-refractivity contribution in [3.05, 3.63) is 11.6 Å². The lowest BCUT2D eigenvalue weighted by Gasteiger charge is -2.12. The van der Waals surface area contributed by atoms with Crippen LogP contribution < -0.4 is 0 Å². The van der Waals surface area contributed by atoms with Crippen molar-refractivity contribution < 1.29 is 0 Å². The molecule has 1 heterocycles. The maximum Gasteiger partial charge on any atom is 0.143 e. The predicted molar refractivity (Wildman–Crippen MR) is 41.5 cm³/mol. The van der Waals surface area contributed by atoms with E-state index in [0.717, 1.165) is 5.57 Å². The maximum atomic E-state index is 5.74. The largest absolute Gasteiger partial charge is 0.272 e. The van der Waals surface area contributed by atoms with E-state index in [1.54, 1.807) is 6.21 Å². The lowest BCUT2D eigenvalue weighted by atomic mass is 10.2. The molecule has 9 heavy (non-hydrogen) atoms. The van der Waals surface area contributed by atoms with Gasteiger partial charge in [0, 0.05) is 6.21 Å². The van der Waals surface area contributed by atoms with E-state index in [9.17, 15) is 0 Å². The zero-order valence-corrected chi connectivity index (χ0v) is 6.52. The first-order valence-corrected chi connectivity index (χ1v) is 3.57. The van der Waals surface area contributed by atoms with Crippen molar-refractivity contribution in [1.29, 1.82) is 0 Å². The fourth-order valence-electron chi connectivity index (χ4n) is 0.645. The molecule has 2 unspecified atom stereocenters. The SMILES string of the molecule is CC1=CC(Cl)C(Cl)N=C1. The highest BCUT2D eigenvalue weighted by atomic mass is 35.5. The van der Waals surface area contributed by atoms with Crippen LogP contribution in [0, 0.1) is 0 Å². The number of nitrogens with zero attached hydrogens (tertiary/aromatic N) is 1. The van der Waals surface area contributed by atoms with Gasteiger partial charge in [0.25, 0.3) is 0 Å². The summed E-state index contributed by atoms with van der Waals surface area (Å²) in [6, 6.07) is 0. The van der Waals surface area contributed by atoms with Crippen molar-refractivity contribution in [2.45, 2.75) is 17.8 Å². The van der Waals surface area contributed by atoms with Gasteiger partial charge in [-0.05, 0) is 12.5 Å². The van der Waals surface area contributed by atoms with Crippen LogP contribution in [0.25, 0.3) is 0 Å². The Bertz CT molecular complexity index is 162. The molecule has 1 rings (SSSR count). The Morgan fingerprint density at radius 1 is 1.56 bits per heavy atom.